The molecule has 12 heavy (non-hydrogen) atoms. The Morgan fingerprint density at radius 2 is 2.08 bits per heavy atom. The third-order valence-corrected chi connectivity index (χ3v) is 3.50. The van der Waals surface area contributed by atoms with Gasteiger partial charge in [-0.1, -0.05) is 13.3 Å². The van der Waals surface area contributed by atoms with Gasteiger partial charge in [0.1, 0.15) is 0 Å². The van der Waals surface area contributed by atoms with E-state index in [4.69, 9.17) is 5.73 Å². The average molecular weight is 168 g/mol. The molecule has 1 saturated carbocycles. The number of hydrogen-bond donors (Lipinski definition) is 1. The van der Waals surface area contributed by atoms with Crippen LogP contribution < -0.4 is 5.73 Å². The van der Waals surface area contributed by atoms with E-state index >= 15 is 0 Å². The molecule has 1 aliphatic heterocycles. The van der Waals surface area contributed by atoms with Crippen LogP contribution in [0, 0.1) is 5.92 Å². The second-order valence-electron chi connectivity index (χ2n) is 4.68. The highest BCUT2D eigenvalue weighted by Crippen LogP contribution is 2.32. The van der Waals surface area contributed by atoms with Crippen LogP contribution in [-0.2, 0) is 0 Å². The van der Waals surface area contributed by atoms with E-state index in [2.05, 4.69) is 11.8 Å². The fraction of sp³-hybridized carbons (Fsp3) is 1.00. The van der Waals surface area contributed by atoms with Gasteiger partial charge in [0.2, 0.25) is 0 Å². The summed E-state index contributed by atoms with van der Waals surface area (Å²) in [6.07, 6.45) is 5.19. The third-order valence-electron chi connectivity index (χ3n) is 3.50. The summed E-state index contributed by atoms with van der Waals surface area (Å²) in [6, 6.07) is 0. The molecule has 2 N–H and O–H groups in total. The van der Waals surface area contributed by atoms with E-state index in [0.29, 0.717) is 0 Å². The quantitative estimate of drug-likeness (QED) is 0.686. The molecular weight excluding hydrogens is 148 g/mol. The summed E-state index contributed by atoms with van der Waals surface area (Å²) >= 11 is 0. The van der Waals surface area contributed by atoms with Crippen LogP contribution >= 0.6 is 0 Å². The van der Waals surface area contributed by atoms with Gasteiger partial charge in [-0.25, -0.2) is 0 Å². The van der Waals surface area contributed by atoms with E-state index in [-0.39, 0.29) is 5.54 Å². The summed E-state index contributed by atoms with van der Waals surface area (Å²) in [7, 11) is 0. The molecule has 1 aliphatic carbocycles. The molecular formula is C10H20N2. The van der Waals surface area contributed by atoms with Gasteiger partial charge in [0.15, 0.2) is 0 Å². The smallest absolute Gasteiger partial charge is 0.0283 e. The summed E-state index contributed by atoms with van der Waals surface area (Å²) < 4.78 is 0. The first-order chi connectivity index (χ1) is 5.72. The maximum atomic E-state index is 6.16. The maximum absolute atomic E-state index is 6.16. The van der Waals surface area contributed by atoms with Gasteiger partial charge in [0, 0.05) is 25.2 Å². The van der Waals surface area contributed by atoms with E-state index in [1.807, 2.05) is 0 Å². The van der Waals surface area contributed by atoms with E-state index in [9.17, 15) is 0 Å². The van der Waals surface area contributed by atoms with Crippen LogP contribution in [0.3, 0.4) is 0 Å². The van der Waals surface area contributed by atoms with Crippen LogP contribution in [0.4, 0.5) is 0 Å². The molecule has 0 radical (unpaired) electrons. The molecule has 0 atom stereocenters. The molecule has 2 fully saturated rings. The Balaban J connectivity index is 1.69. The summed E-state index contributed by atoms with van der Waals surface area (Å²) in [4.78, 5) is 2.52. The minimum absolute atomic E-state index is 0.207. The van der Waals surface area contributed by atoms with Crippen molar-refractivity contribution in [3.05, 3.63) is 0 Å². The fourth-order valence-corrected chi connectivity index (χ4v) is 2.30. The predicted molar refractivity (Wildman–Crippen MR) is 51.0 cm³/mol. The van der Waals surface area contributed by atoms with E-state index < -0.39 is 0 Å². The van der Waals surface area contributed by atoms with E-state index in [0.717, 1.165) is 12.5 Å². The van der Waals surface area contributed by atoms with Crippen molar-refractivity contribution in [1.82, 2.24) is 4.90 Å². The van der Waals surface area contributed by atoms with Crippen molar-refractivity contribution >= 4 is 0 Å². The lowest BCUT2D eigenvalue weighted by Crippen LogP contribution is -2.60. The lowest BCUT2D eigenvalue weighted by Gasteiger charge is -2.47. The van der Waals surface area contributed by atoms with Crippen LogP contribution in [0.5, 0.6) is 0 Å². The van der Waals surface area contributed by atoms with Gasteiger partial charge in [0.25, 0.3) is 0 Å². The molecule has 2 heteroatoms. The number of likely N-dealkylation sites (tertiary alicyclic amines) is 1. The van der Waals surface area contributed by atoms with Gasteiger partial charge in [-0.05, 0) is 25.2 Å². The fourth-order valence-electron chi connectivity index (χ4n) is 2.30. The standard InChI is InChI=1S/C10H20N2/c1-2-9-6-12(7-9)8-10(11)4-3-5-10/h9H,2-8,11H2,1H3. The first kappa shape index (κ1) is 8.52. The summed E-state index contributed by atoms with van der Waals surface area (Å²) in [5.74, 6) is 0.966. The molecule has 0 aromatic carbocycles. The molecule has 0 spiro atoms. The van der Waals surface area contributed by atoms with Crippen molar-refractivity contribution in [2.45, 2.75) is 38.1 Å². The predicted octanol–water partition coefficient (Wildman–Crippen LogP) is 1.21. The Hall–Kier alpha value is -0.0800. The molecule has 0 amide bonds. The highest BCUT2D eigenvalue weighted by atomic mass is 15.2. The van der Waals surface area contributed by atoms with Crippen molar-refractivity contribution in [2.24, 2.45) is 11.7 Å². The van der Waals surface area contributed by atoms with Gasteiger partial charge in [-0.3, -0.25) is 0 Å². The van der Waals surface area contributed by atoms with Crippen molar-refractivity contribution in [1.29, 1.82) is 0 Å². The summed E-state index contributed by atoms with van der Waals surface area (Å²) in [5, 5.41) is 0. The van der Waals surface area contributed by atoms with E-state index in [1.165, 1.54) is 38.8 Å². The number of rotatable bonds is 3. The molecule has 2 rings (SSSR count). The number of nitrogens with two attached hydrogens (primary N) is 1. The zero-order valence-electron chi connectivity index (χ0n) is 8.05. The zero-order valence-corrected chi connectivity index (χ0v) is 8.05. The van der Waals surface area contributed by atoms with Crippen molar-refractivity contribution in [3.63, 3.8) is 0 Å². The zero-order chi connectivity index (χ0) is 8.60. The largest absolute Gasteiger partial charge is 0.324 e. The lowest BCUT2D eigenvalue weighted by atomic mass is 9.76. The SMILES string of the molecule is CCC1CN(CC2(N)CCC2)C1. The van der Waals surface area contributed by atoms with Crippen LogP contribution in [0.2, 0.25) is 0 Å². The van der Waals surface area contributed by atoms with E-state index in [1.54, 1.807) is 0 Å². The molecule has 0 aromatic rings. The molecule has 1 saturated heterocycles. The minimum atomic E-state index is 0.207. The topological polar surface area (TPSA) is 29.3 Å². The number of hydrogen-bond acceptors (Lipinski definition) is 2. The third kappa shape index (κ3) is 1.50. The summed E-state index contributed by atoms with van der Waals surface area (Å²) in [5.41, 5.74) is 6.37. The molecule has 2 nitrogen and oxygen atoms in total. The first-order valence-electron chi connectivity index (χ1n) is 5.23. The normalized spacial score (nSPS) is 29.5. The molecule has 1 heterocycles. The molecule has 2 aliphatic rings. The van der Waals surface area contributed by atoms with Crippen LogP contribution in [0.15, 0.2) is 0 Å². The van der Waals surface area contributed by atoms with Crippen LogP contribution in [0.1, 0.15) is 32.6 Å². The second kappa shape index (κ2) is 3.00. The highest BCUT2D eigenvalue weighted by molar-refractivity contribution is 4.97. The Labute approximate surface area is 75.1 Å². The highest BCUT2D eigenvalue weighted by Gasteiger charge is 2.37. The Morgan fingerprint density at radius 1 is 1.42 bits per heavy atom. The Morgan fingerprint density at radius 3 is 2.50 bits per heavy atom. The monoisotopic (exact) mass is 168 g/mol. The Bertz CT molecular complexity index is 157. The van der Waals surface area contributed by atoms with Crippen LogP contribution in [0.25, 0.3) is 0 Å². The molecule has 70 valence electrons. The van der Waals surface area contributed by atoms with Crippen LogP contribution in [-0.4, -0.2) is 30.1 Å². The van der Waals surface area contributed by atoms with Gasteiger partial charge in [-0.2, -0.15) is 0 Å². The first-order valence-corrected chi connectivity index (χ1v) is 5.23. The maximum Gasteiger partial charge on any atom is 0.0283 e. The molecule has 0 unspecified atom stereocenters. The van der Waals surface area contributed by atoms with Crippen molar-refractivity contribution in [2.75, 3.05) is 19.6 Å². The van der Waals surface area contributed by atoms with Crippen molar-refractivity contribution in [3.8, 4) is 0 Å². The van der Waals surface area contributed by atoms with Gasteiger partial charge in [-0.15, -0.1) is 0 Å². The van der Waals surface area contributed by atoms with Gasteiger partial charge >= 0.3 is 0 Å². The minimum Gasteiger partial charge on any atom is -0.324 e. The number of nitrogens with zero attached hydrogens (tertiary/aromatic N) is 1. The molecule has 0 bridgehead atoms. The lowest BCUT2D eigenvalue weighted by molar-refractivity contribution is 0.0484. The van der Waals surface area contributed by atoms with Gasteiger partial charge < -0.3 is 10.6 Å². The average Bonchev–Trinajstić information content (AvgIpc) is 1.92. The Kier molecular flexibility index (Phi) is 2.13. The van der Waals surface area contributed by atoms with Gasteiger partial charge in [0.05, 0.1) is 0 Å². The summed E-state index contributed by atoms with van der Waals surface area (Å²) in [6.45, 7) is 6.04. The second-order valence-corrected chi connectivity index (χ2v) is 4.68. The van der Waals surface area contributed by atoms with Crippen molar-refractivity contribution < 1.29 is 0 Å². The molecule has 0 aromatic heterocycles.